The Balaban J connectivity index is 4.97. The average Bonchev–Trinajstić information content (AvgIpc) is 1.77. The third-order valence-electron chi connectivity index (χ3n) is 1.15. The highest BCUT2D eigenvalue weighted by atomic mass is 32.3. The molecule has 0 atom stereocenters. The molecule has 0 aromatic heterocycles. The largest absolute Gasteiger partial charge is 0.322 e. The first-order valence-electron chi connectivity index (χ1n) is 3.06. The smallest absolute Gasteiger partial charge is 0.193 e. The maximum Gasteiger partial charge on any atom is 0.322 e. The van der Waals surface area contributed by atoms with Gasteiger partial charge in [0.2, 0.25) is 4.58 Å². The van der Waals surface area contributed by atoms with Crippen molar-refractivity contribution in [3.05, 3.63) is 0 Å². The summed E-state index contributed by atoms with van der Waals surface area (Å²) in [5.74, 6) is 0. The van der Waals surface area contributed by atoms with Crippen molar-refractivity contribution in [2.45, 2.75) is 24.3 Å². The number of hydrogen-bond donors (Lipinski definition) is 0. The molecular weight excluding hydrogens is 214 g/mol. The zero-order valence-electron chi connectivity index (χ0n) is 6.20. The third kappa shape index (κ3) is 3.44. The molecular formula is C4H8F2O4S2. The van der Waals surface area contributed by atoms with Crippen LogP contribution >= 0.6 is 0 Å². The van der Waals surface area contributed by atoms with Crippen LogP contribution in [0.1, 0.15) is 19.8 Å². The SMILES string of the molecule is CCCC(S(=O)(=O)F)S(=O)(=O)F. The van der Waals surface area contributed by atoms with E-state index in [9.17, 15) is 24.6 Å². The second-order valence-electron chi connectivity index (χ2n) is 2.17. The van der Waals surface area contributed by atoms with E-state index in [4.69, 9.17) is 0 Å². The molecule has 0 aliphatic carbocycles. The van der Waals surface area contributed by atoms with Gasteiger partial charge in [0.15, 0.2) is 0 Å². The van der Waals surface area contributed by atoms with Crippen molar-refractivity contribution in [3.63, 3.8) is 0 Å². The summed E-state index contributed by atoms with van der Waals surface area (Å²) in [5, 5.41) is 0. The second-order valence-corrected chi connectivity index (χ2v) is 5.51. The normalized spacial score (nSPS) is 13.7. The zero-order chi connectivity index (χ0) is 9.99. The molecule has 0 radical (unpaired) electrons. The van der Waals surface area contributed by atoms with Gasteiger partial charge in [0.1, 0.15) is 0 Å². The standard InChI is InChI=1S/C4H8F2O4S2/c1-2-3-4(11(5,7)8)12(6,9)10/h4H,2-3H2,1H3. The molecule has 0 saturated heterocycles. The Labute approximate surface area is 70.0 Å². The molecule has 0 rings (SSSR count). The predicted octanol–water partition coefficient (Wildman–Crippen LogP) is 0.711. The minimum atomic E-state index is -5.35. The number of halogens is 2. The van der Waals surface area contributed by atoms with E-state index in [0.29, 0.717) is 0 Å². The topological polar surface area (TPSA) is 68.3 Å². The molecule has 0 aliphatic rings. The van der Waals surface area contributed by atoms with Crippen molar-refractivity contribution in [1.82, 2.24) is 0 Å². The highest BCUT2D eigenvalue weighted by molar-refractivity contribution is 8.04. The van der Waals surface area contributed by atoms with Gasteiger partial charge in [-0.1, -0.05) is 13.3 Å². The van der Waals surface area contributed by atoms with E-state index < -0.39 is 31.4 Å². The molecule has 0 unspecified atom stereocenters. The Morgan fingerprint density at radius 3 is 1.50 bits per heavy atom. The summed E-state index contributed by atoms with van der Waals surface area (Å²) >= 11 is 0. The molecule has 4 nitrogen and oxygen atoms in total. The fourth-order valence-electron chi connectivity index (χ4n) is 0.655. The Bertz CT molecular complexity index is 298. The van der Waals surface area contributed by atoms with Gasteiger partial charge in [-0.3, -0.25) is 0 Å². The molecule has 0 N–H and O–H groups in total. The summed E-state index contributed by atoms with van der Waals surface area (Å²) in [6, 6.07) is 0. The monoisotopic (exact) mass is 222 g/mol. The summed E-state index contributed by atoms with van der Waals surface area (Å²) in [4.78, 5) is 0. The van der Waals surface area contributed by atoms with Crippen molar-refractivity contribution < 1.29 is 24.6 Å². The minimum absolute atomic E-state index is 0.0664. The van der Waals surface area contributed by atoms with E-state index in [-0.39, 0.29) is 6.42 Å². The molecule has 0 saturated carbocycles. The lowest BCUT2D eigenvalue weighted by Crippen LogP contribution is -2.24. The van der Waals surface area contributed by atoms with Crippen molar-refractivity contribution in [2.24, 2.45) is 0 Å². The molecule has 0 aromatic rings. The van der Waals surface area contributed by atoms with Crippen LogP contribution in [0, 0.1) is 0 Å². The van der Waals surface area contributed by atoms with Gasteiger partial charge in [0.05, 0.1) is 0 Å². The van der Waals surface area contributed by atoms with Crippen LogP contribution in [0.4, 0.5) is 7.77 Å². The summed E-state index contributed by atoms with van der Waals surface area (Å²) in [6.45, 7) is 1.42. The second kappa shape index (κ2) is 3.65. The Morgan fingerprint density at radius 2 is 1.42 bits per heavy atom. The van der Waals surface area contributed by atoms with Crippen molar-refractivity contribution in [1.29, 1.82) is 0 Å². The average molecular weight is 222 g/mol. The van der Waals surface area contributed by atoms with E-state index in [2.05, 4.69) is 0 Å². The van der Waals surface area contributed by atoms with E-state index in [1.165, 1.54) is 6.92 Å². The maximum absolute atomic E-state index is 12.1. The molecule has 74 valence electrons. The molecule has 0 bridgehead atoms. The number of hydrogen-bond acceptors (Lipinski definition) is 4. The molecule has 0 spiro atoms. The van der Waals surface area contributed by atoms with Gasteiger partial charge < -0.3 is 0 Å². The summed E-state index contributed by atoms with van der Waals surface area (Å²) < 4.78 is 61.9. The molecule has 8 heteroatoms. The summed E-state index contributed by atoms with van der Waals surface area (Å²) in [7, 11) is -10.7. The fourth-order valence-corrected chi connectivity index (χ4v) is 2.79. The highest BCUT2D eigenvalue weighted by Gasteiger charge is 2.37. The van der Waals surface area contributed by atoms with Gasteiger partial charge in [-0.15, -0.1) is 7.77 Å². The highest BCUT2D eigenvalue weighted by Crippen LogP contribution is 2.18. The van der Waals surface area contributed by atoms with E-state index >= 15 is 0 Å². The van der Waals surface area contributed by atoms with Gasteiger partial charge in [-0.2, -0.15) is 16.8 Å². The molecule has 0 fully saturated rings. The van der Waals surface area contributed by atoms with E-state index in [1.54, 1.807) is 0 Å². The first kappa shape index (κ1) is 11.8. The van der Waals surface area contributed by atoms with Gasteiger partial charge in [-0.25, -0.2) is 0 Å². The first-order valence-corrected chi connectivity index (χ1v) is 5.96. The molecule has 0 amide bonds. The van der Waals surface area contributed by atoms with Crippen LogP contribution in [0.25, 0.3) is 0 Å². The maximum atomic E-state index is 12.1. The molecule has 0 aliphatic heterocycles. The number of rotatable bonds is 4. The quantitative estimate of drug-likeness (QED) is 0.657. The Morgan fingerprint density at radius 1 is 1.08 bits per heavy atom. The lowest BCUT2D eigenvalue weighted by molar-refractivity contribution is 0.518. The molecule has 12 heavy (non-hydrogen) atoms. The Kier molecular flexibility index (Phi) is 3.58. The van der Waals surface area contributed by atoms with Crippen LogP contribution in [-0.2, 0) is 20.4 Å². The van der Waals surface area contributed by atoms with Crippen molar-refractivity contribution in [3.8, 4) is 0 Å². The van der Waals surface area contributed by atoms with Crippen LogP contribution in [0.5, 0.6) is 0 Å². The minimum Gasteiger partial charge on any atom is -0.193 e. The van der Waals surface area contributed by atoms with E-state index in [1.807, 2.05) is 0 Å². The van der Waals surface area contributed by atoms with Crippen molar-refractivity contribution in [2.75, 3.05) is 0 Å². The van der Waals surface area contributed by atoms with Crippen LogP contribution < -0.4 is 0 Å². The van der Waals surface area contributed by atoms with E-state index in [0.717, 1.165) is 0 Å². The van der Waals surface area contributed by atoms with Crippen LogP contribution in [-0.4, -0.2) is 21.4 Å². The van der Waals surface area contributed by atoms with Gasteiger partial charge in [0.25, 0.3) is 0 Å². The van der Waals surface area contributed by atoms with Crippen LogP contribution in [0.15, 0.2) is 0 Å². The molecule has 0 aromatic carbocycles. The third-order valence-corrected chi connectivity index (χ3v) is 4.26. The Hall–Kier alpha value is -0.240. The van der Waals surface area contributed by atoms with Crippen LogP contribution in [0.2, 0.25) is 0 Å². The van der Waals surface area contributed by atoms with Crippen LogP contribution in [0.3, 0.4) is 0 Å². The lowest BCUT2D eigenvalue weighted by Gasteiger charge is -2.04. The first-order chi connectivity index (χ1) is 5.19. The fraction of sp³-hybridized carbons (Fsp3) is 1.00. The van der Waals surface area contributed by atoms with Gasteiger partial charge in [0, 0.05) is 0 Å². The predicted molar refractivity (Wildman–Crippen MR) is 38.8 cm³/mol. The summed E-state index contributed by atoms with van der Waals surface area (Å²) in [6.07, 6.45) is -0.505. The lowest BCUT2D eigenvalue weighted by atomic mass is 10.4. The van der Waals surface area contributed by atoms with Gasteiger partial charge >= 0.3 is 20.4 Å². The van der Waals surface area contributed by atoms with Gasteiger partial charge in [-0.05, 0) is 6.42 Å². The zero-order valence-corrected chi connectivity index (χ0v) is 7.83. The summed E-state index contributed by atoms with van der Waals surface area (Å²) in [5.41, 5.74) is 0. The molecule has 0 heterocycles. The van der Waals surface area contributed by atoms with Crippen molar-refractivity contribution >= 4 is 20.4 Å².